The molecule has 1 fully saturated rings. The van der Waals surface area contributed by atoms with Crippen LogP contribution in [0.15, 0.2) is 48.5 Å². The van der Waals surface area contributed by atoms with Gasteiger partial charge in [0.25, 0.3) is 17.8 Å². The van der Waals surface area contributed by atoms with Crippen LogP contribution in [0.25, 0.3) is 11.0 Å². The van der Waals surface area contributed by atoms with Gasteiger partial charge in [0.05, 0.1) is 24.8 Å². The number of methoxy groups -OCH3 is 1. The van der Waals surface area contributed by atoms with Crippen LogP contribution < -0.4 is 14.8 Å². The monoisotopic (exact) mass is 530 g/mol. The Hall–Kier alpha value is -4.34. The first-order valence-electron chi connectivity index (χ1n) is 13.1. The van der Waals surface area contributed by atoms with Crippen molar-refractivity contribution in [2.75, 3.05) is 26.8 Å². The first kappa shape index (κ1) is 26.3. The molecule has 2 aromatic heterocycles. The van der Waals surface area contributed by atoms with Gasteiger partial charge >= 0.3 is 0 Å². The molecule has 1 aliphatic rings. The number of imidazole rings is 1. The molecule has 1 aliphatic heterocycles. The second-order valence-corrected chi connectivity index (χ2v) is 9.88. The van der Waals surface area contributed by atoms with Crippen LogP contribution in [-0.4, -0.2) is 68.9 Å². The maximum absolute atomic E-state index is 13.8. The van der Waals surface area contributed by atoms with E-state index in [1.165, 1.54) is 4.68 Å². The van der Waals surface area contributed by atoms with Gasteiger partial charge in [-0.1, -0.05) is 30.3 Å². The molecule has 204 valence electrons. The van der Waals surface area contributed by atoms with Crippen molar-refractivity contribution in [2.45, 2.75) is 32.2 Å². The number of fused-ring (bicyclic) bond motifs is 1. The molecule has 0 unspecified atom stereocenters. The molecule has 0 bridgehead atoms. The van der Waals surface area contributed by atoms with Crippen LogP contribution in [0.2, 0.25) is 0 Å². The van der Waals surface area contributed by atoms with Crippen LogP contribution in [0.4, 0.5) is 0 Å². The van der Waals surface area contributed by atoms with Crippen molar-refractivity contribution in [2.24, 2.45) is 14.1 Å². The molecule has 5 rings (SSSR count). The van der Waals surface area contributed by atoms with Gasteiger partial charge in [-0.05, 0) is 43.5 Å². The van der Waals surface area contributed by atoms with Crippen molar-refractivity contribution >= 4 is 22.8 Å². The van der Waals surface area contributed by atoms with Crippen molar-refractivity contribution in [3.63, 3.8) is 0 Å². The molecular formula is C29H34N6O4. The van der Waals surface area contributed by atoms with Crippen molar-refractivity contribution < 1.29 is 19.1 Å². The van der Waals surface area contributed by atoms with Crippen LogP contribution >= 0.6 is 0 Å². The summed E-state index contributed by atoms with van der Waals surface area (Å²) in [6.07, 6.45) is 0.619. The third-order valence-corrected chi connectivity index (χ3v) is 7.39. The van der Waals surface area contributed by atoms with Gasteiger partial charge in [0.2, 0.25) is 5.88 Å². The van der Waals surface area contributed by atoms with Gasteiger partial charge in [-0.2, -0.15) is 4.98 Å². The van der Waals surface area contributed by atoms with Crippen LogP contribution in [0, 0.1) is 6.92 Å². The molecule has 10 heteroatoms. The number of hydrogen-bond donors (Lipinski definition) is 1. The lowest BCUT2D eigenvalue weighted by Gasteiger charge is -2.39. The van der Waals surface area contributed by atoms with Gasteiger partial charge in [-0.25, -0.2) is 0 Å². The Balaban J connectivity index is 1.40. The minimum atomic E-state index is -0.215. The Morgan fingerprint density at radius 2 is 1.90 bits per heavy atom. The molecule has 2 atom stereocenters. The SMILES string of the molecule is CCOc1cc(C(=O)N[C@@H]2CCN(C(=O)c3cc(C)c4nc(OC)n(C)c4c3)C[C@H]2c2ccccc2)n(C)n1. The number of nitrogens with one attached hydrogen (secondary N) is 1. The van der Waals surface area contributed by atoms with E-state index >= 15 is 0 Å². The minimum absolute atomic E-state index is 0.0427. The fourth-order valence-electron chi connectivity index (χ4n) is 5.39. The normalized spacial score (nSPS) is 17.3. The maximum Gasteiger partial charge on any atom is 0.296 e. The predicted molar refractivity (Wildman–Crippen MR) is 147 cm³/mol. The molecule has 0 radical (unpaired) electrons. The first-order chi connectivity index (χ1) is 18.8. The second-order valence-electron chi connectivity index (χ2n) is 9.88. The number of rotatable bonds is 7. The summed E-state index contributed by atoms with van der Waals surface area (Å²) in [5.74, 6) is 0.0873. The topological polar surface area (TPSA) is 104 Å². The zero-order valence-electron chi connectivity index (χ0n) is 23.0. The highest BCUT2D eigenvalue weighted by Crippen LogP contribution is 2.30. The minimum Gasteiger partial charge on any atom is -0.477 e. The number of carbonyl (C=O) groups is 2. The van der Waals surface area contributed by atoms with Gasteiger partial charge in [0.1, 0.15) is 5.69 Å². The number of benzene rings is 2. The summed E-state index contributed by atoms with van der Waals surface area (Å²) in [5, 5.41) is 7.48. The third-order valence-electron chi connectivity index (χ3n) is 7.39. The molecule has 1 saturated heterocycles. The average Bonchev–Trinajstić information content (AvgIpc) is 3.48. The summed E-state index contributed by atoms with van der Waals surface area (Å²) < 4.78 is 14.2. The van der Waals surface area contributed by atoms with E-state index in [9.17, 15) is 9.59 Å². The fraction of sp³-hybridized carbons (Fsp3) is 0.379. The lowest BCUT2D eigenvalue weighted by Crippen LogP contribution is -2.51. The molecule has 1 N–H and O–H groups in total. The average molecular weight is 531 g/mol. The number of piperidine rings is 1. The number of aryl methyl sites for hydroxylation is 3. The standard InChI is InChI=1S/C29H34N6O4/c1-6-39-25-16-24(34(4)32-25)27(36)30-22-12-13-35(17-21(22)19-10-8-7-9-11-19)28(37)20-14-18(2)26-23(15-20)33(3)29(31-26)38-5/h7-11,14-16,21-22H,6,12-13,17H2,1-5H3,(H,30,36)/t21-,22+/m0/s1. The maximum atomic E-state index is 13.8. The number of ether oxygens (including phenoxy) is 2. The Morgan fingerprint density at radius 1 is 1.13 bits per heavy atom. The number of aromatic nitrogens is 4. The molecule has 3 heterocycles. The zero-order chi connectivity index (χ0) is 27.7. The van der Waals surface area contributed by atoms with E-state index < -0.39 is 0 Å². The number of amides is 2. The van der Waals surface area contributed by atoms with Crippen molar-refractivity contribution in [3.05, 3.63) is 70.9 Å². The van der Waals surface area contributed by atoms with Crippen LogP contribution in [0.3, 0.4) is 0 Å². The van der Waals surface area contributed by atoms with E-state index in [1.54, 1.807) is 20.2 Å². The molecule has 10 nitrogen and oxygen atoms in total. The van der Waals surface area contributed by atoms with Gasteiger partial charge < -0.3 is 19.7 Å². The third kappa shape index (κ3) is 5.06. The van der Waals surface area contributed by atoms with E-state index in [0.717, 1.165) is 22.2 Å². The van der Waals surface area contributed by atoms with E-state index in [0.29, 0.717) is 49.3 Å². The Kier molecular flexibility index (Phi) is 7.28. The molecular weight excluding hydrogens is 496 g/mol. The zero-order valence-corrected chi connectivity index (χ0v) is 23.0. The number of hydrogen-bond acceptors (Lipinski definition) is 6. The van der Waals surface area contributed by atoms with Gasteiger partial charge in [-0.3, -0.25) is 18.8 Å². The second kappa shape index (κ2) is 10.8. The van der Waals surface area contributed by atoms with Crippen LogP contribution in [-0.2, 0) is 14.1 Å². The predicted octanol–water partition coefficient (Wildman–Crippen LogP) is 3.45. The highest BCUT2D eigenvalue weighted by Gasteiger charge is 2.34. The summed E-state index contributed by atoms with van der Waals surface area (Å²) in [5.41, 5.74) is 4.69. The van der Waals surface area contributed by atoms with Crippen molar-refractivity contribution in [1.29, 1.82) is 0 Å². The molecule has 0 spiro atoms. The summed E-state index contributed by atoms with van der Waals surface area (Å²) in [4.78, 5) is 33.4. The largest absolute Gasteiger partial charge is 0.477 e. The molecule has 0 saturated carbocycles. The van der Waals surface area contributed by atoms with Crippen molar-refractivity contribution in [1.82, 2.24) is 29.5 Å². The van der Waals surface area contributed by atoms with Gasteiger partial charge in [0, 0.05) is 50.8 Å². The highest BCUT2D eigenvalue weighted by atomic mass is 16.5. The molecule has 0 aliphatic carbocycles. The number of likely N-dealkylation sites (tertiary alicyclic amines) is 1. The summed E-state index contributed by atoms with van der Waals surface area (Å²) >= 11 is 0. The van der Waals surface area contributed by atoms with E-state index in [-0.39, 0.29) is 23.8 Å². The first-order valence-corrected chi connectivity index (χ1v) is 13.1. The number of carbonyl (C=O) groups excluding carboxylic acids is 2. The molecule has 2 amide bonds. The number of nitrogens with zero attached hydrogens (tertiary/aromatic N) is 5. The Bertz CT molecular complexity index is 1510. The van der Waals surface area contributed by atoms with E-state index in [1.807, 2.05) is 72.8 Å². The lowest BCUT2D eigenvalue weighted by atomic mass is 9.85. The van der Waals surface area contributed by atoms with Crippen LogP contribution in [0.5, 0.6) is 11.9 Å². The van der Waals surface area contributed by atoms with Gasteiger partial charge in [-0.15, -0.1) is 5.10 Å². The Labute approximate surface area is 227 Å². The highest BCUT2D eigenvalue weighted by molar-refractivity contribution is 5.98. The lowest BCUT2D eigenvalue weighted by molar-refractivity contribution is 0.0671. The smallest absolute Gasteiger partial charge is 0.296 e. The summed E-state index contributed by atoms with van der Waals surface area (Å²) in [6, 6.07) is 15.8. The summed E-state index contributed by atoms with van der Waals surface area (Å²) in [7, 11) is 5.19. The molecule has 4 aromatic rings. The van der Waals surface area contributed by atoms with E-state index in [4.69, 9.17) is 9.47 Å². The summed E-state index contributed by atoms with van der Waals surface area (Å²) in [6.45, 7) is 5.31. The van der Waals surface area contributed by atoms with E-state index in [2.05, 4.69) is 15.4 Å². The fourth-order valence-corrected chi connectivity index (χ4v) is 5.39. The molecule has 39 heavy (non-hydrogen) atoms. The van der Waals surface area contributed by atoms with Gasteiger partial charge in [0.15, 0.2) is 0 Å². The Morgan fingerprint density at radius 3 is 2.62 bits per heavy atom. The quantitative estimate of drug-likeness (QED) is 0.393. The van der Waals surface area contributed by atoms with Crippen LogP contribution in [0.1, 0.15) is 51.2 Å². The van der Waals surface area contributed by atoms with Crippen molar-refractivity contribution in [3.8, 4) is 11.9 Å². The molecule has 2 aromatic carbocycles.